The van der Waals surface area contributed by atoms with Gasteiger partial charge >= 0.3 is 5.97 Å². The van der Waals surface area contributed by atoms with Gasteiger partial charge < -0.3 is 10.0 Å². The SMILES string of the molecule is CCCN1C(=O)CC(C(=O)O)C1c1cccc(Cl)c1F. The molecule has 0 saturated carbocycles. The van der Waals surface area contributed by atoms with Crippen LogP contribution in [0.15, 0.2) is 18.2 Å². The summed E-state index contributed by atoms with van der Waals surface area (Å²) in [5.41, 5.74) is 0.171. The first kappa shape index (κ1) is 14.8. The van der Waals surface area contributed by atoms with Crippen LogP contribution in [0, 0.1) is 11.7 Å². The van der Waals surface area contributed by atoms with Gasteiger partial charge in [0.1, 0.15) is 5.82 Å². The lowest BCUT2D eigenvalue weighted by molar-refractivity contribution is -0.142. The number of amides is 1. The highest BCUT2D eigenvalue weighted by Crippen LogP contribution is 2.40. The molecule has 1 aliphatic heterocycles. The molecule has 2 atom stereocenters. The molecule has 0 aromatic heterocycles. The van der Waals surface area contributed by atoms with Crippen LogP contribution in [0.4, 0.5) is 4.39 Å². The molecule has 1 heterocycles. The standard InChI is InChI=1S/C14H15ClFNO3/c1-2-6-17-11(18)7-9(14(19)20)13(17)8-4-3-5-10(15)12(8)16/h3-5,9,13H,2,6-7H2,1H3,(H,19,20). The van der Waals surface area contributed by atoms with Gasteiger partial charge in [-0.3, -0.25) is 9.59 Å². The van der Waals surface area contributed by atoms with E-state index >= 15 is 0 Å². The lowest BCUT2D eigenvalue weighted by Crippen LogP contribution is -2.31. The summed E-state index contributed by atoms with van der Waals surface area (Å²) < 4.78 is 14.2. The third-order valence-electron chi connectivity index (χ3n) is 3.51. The molecule has 4 nitrogen and oxygen atoms in total. The van der Waals surface area contributed by atoms with Gasteiger partial charge in [0.2, 0.25) is 5.91 Å². The van der Waals surface area contributed by atoms with Crippen LogP contribution in [-0.4, -0.2) is 28.4 Å². The highest BCUT2D eigenvalue weighted by Gasteiger charge is 2.45. The molecule has 20 heavy (non-hydrogen) atoms. The first-order valence-corrected chi connectivity index (χ1v) is 6.81. The van der Waals surface area contributed by atoms with E-state index in [1.165, 1.54) is 17.0 Å². The third-order valence-corrected chi connectivity index (χ3v) is 3.81. The van der Waals surface area contributed by atoms with Gasteiger partial charge in [0, 0.05) is 18.5 Å². The largest absolute Gasteiger partial charge is 0.481 e. The quantitative estimate of drug-likeness (QED) is 0.930. The summed E-state index contributed by atoms with van der Waals surface area (Å²) in [4.78, 5) is 24.7. The fourth-order valence-electron chi connectivity index (χ4n) is 2.65. The first-order chi connectivity index (χ1) is 9.47. The van der Waals surface area contributed by atoms with E-state index in [1.807, 2.05) is 6.92 Å². The summed E-state index contributed by atoms with van der Waals surface area (Å²) >= 11 is 5.75. The van der Waals surface area contributed by atoms with Gasteiger partial charge in [0.25, 0.3) is 0 Å². The van der Waals surface area contributed by atoms with E-state index < -0.39 is 23.7 Å². The Morgan fingerprint density at radius 1 is 1.55 bits per heavy atom. The van der Waals surface area contributed by atoms with Crippen molar-refractivity contribution in [3.05, 3.63) is 34.6 Å². The Kier molecular flexibility index (Phi) is 4.28. The lowest BCUT2D eigenvalue weighted by atomic mass is 9.93. The summed E-state index contributed by atoms with van der Waals surface area (Å²) in [5, 5.41) is 9.21. The van der Waals surface area contributed by atoms with Crippen molar-refractivity contribution in [3.8, 4) is 0 Å². The van der Waals surface area contributed by atoms with Crippen molar-refractivity contribution in [1.82, 2.24) is 4.90 Å². The molecule has 2 unspecified atom stereocenters. The molecule has 6 heteroatoms. The van der Waals surface area contributed by atoms with E-state index in [0.29, 0.717) is 13.0 Å². The number of hydrogen-bond donors (Lipinski definition) is 1. The van der Waals surface area contributed by atoms with E-state index in [-0.39, 0.29) is 22.9 Å². The van der Waals surface area contributed by atoms with Gasteiger partial charge in [-0.25, -0.2) is 4.39 Å². The van der Waals surface area contributed by atoms with Gasteiger partial charge in [-0.1, -0.05) is 30.7 Å². The summed E-state index contributed by atoms with van der Waals surface area (Å²) in [6.45, 7) is 2.28. The number of aliphatic carboxylic acids is 1. The molecule has 0 bridgehead atoms. The maximum Gasteiger partial charge on any atom is 0.309 e. The lowest BCUT2D eigenvalue weighted by Gasteiger charge is -2.27. The molecule has 1 fully saturated rings. The summed E-state index contributed by atoms with van der Waals surface area (Å²) in [7, 11) is 0. The second-order valence-electron chi connectivity index (χ2n) is 4.82. The number of carbonyl (C=O) groups excluding carboxylic acids is 1. The average Bonchev–Trinajstić information content (AvgIpc) is 2.71. The molecule has 2 rings (SSSR count). The Morgan fingerprint density at radius 3 is 2.85 bits per heavy atom. The van der Waals surface area contributed by atoms with Crippen LogP contribution in [0.5, 0.6) is 0 Å². The third kappa shape index (κ3) is 2.50. The minimum absolute atomic E-state index is 0.0672. The average molecular weight is 300 g/mol. The van der Waals surface area contributed by atoms with E-state index in [4.69, 9.17) is 11.6 Å². The Morgan fingerprint density at radius 2 is 2.25 bits per heavy atom. The molecule has 1 saturated heterocycles. The number of likely N-dealkylation sites (tertiary alicyclic amines) is 1. The van der Waals surface area contributed by atoms with Crippen molar-refractivity contribution in [2.45, 2.75) is 25.8 Å². The minimum Gasteiger partial charge on any atom is -0.481 e. The van der Waals surface area contributed by atoms with E-state index in [9.17, 15) is 19.1 Å². The van der Waals surface area contributed by atoms with E-state index in [0.717, 1.165) is 0 Å². The van der Waals surface area contributed by atoms with Gasteiger partial charge in [-0.15, -0.1) is 0 Å². The van der Waals surface area contributed by atoms with Crippen LogP contribution < -0.4 is 0 Å². The van der Waals surface area contributed by atoms with E-state index in [2.05, 4.69) is 0 Å². The van der Waals surface area contributed by atoms with E-state index in [1.54, 1.807) is 6.07 Å². The van der Waals surface area contributed by atoms with Gasteiger partial charge in [-0.2, -0.15) is 0 Å². The predicted molar refractivity (Wildman–Crippen MR) is 71.9 cm³/mol. The molecule has 1 aromatic rings. The van der Waals surface area contributed by atoms with Crippen molar-refractivity contribution < 1.29 is 19.1 Å². The number of carboxylic acid groups (broad SMARTS) is 1. The van der Waals surface area contributed by atoms with Crippen LogP contribution in [0.25, 0.3) is 0 Å². The smallest absolute Gasteiger partial charge is 0.309 e. The van der Waals surface area contributed by atoms with Gasteiger partial charge in [-0.05, 0) is 12.5 Å². The molecule has 0 radical (unpaired) electrons. The summed E-state index contributed by atoms with van der Waals surface area (Å²) in [6.07, 6.45) is 0.572. The number of carboxylic acids is 1. The molecule has 1 N–H and O–H groups in total. The maximum atomic E-state index is 14.2. The molecule has 0 spiro atoms. The van der Waals surface area contributed by atoms with Crippen LogP contribution in [0.2, 0.25) is 5.02 Å². The zero-order valence-corrected chi connectivity index (χ0v) is 11.7. The number of hydrogen-bond acceptors (Lipinski definition) is 2. The second kappa shape index (κ2) is 5.79. The predicted octanol–water partition coefficient (Wildman–Crippen LogP) is 2.86. The molecule has 0 aliphatic carbocycles. The first-order valence-electron chi connectivity index (χ1n) is 6.43. The number of rotatable bonds is 4. The van der Waals surface area contributed by atoms with Gasteiger partial charge in [0.05, 0.1) is 17.0 Å². The van der Waals surface area contributed by atoms with Crippen molar-refractivity contribution in [3.63, 3.8) is 0 Å². The maximum absolute atomic E-state index is 14.2. The normalized spacial score (nSPS) is 22.4. The Labute approximate surface area is 121 Å². The molecular formula is C14H15ClFNO3. The Hall–Kier alpha value is -1.62. The number of nitrogens with zero attached hydrogens (tertiary/aromatic N) is 1. The van der Waals surface area contributed by atoms with Crippen molar-refractivity contribution in [1.29, 1.82) is 0 Å². The van der Waals surface area contributed by atoms with Crippen LogP contribution in [-0.2, 0) is 9.59 Å². The number of benzene rings is 1. The summed E-state index contributed by atoms with van der Waals surface area (Å²) in [5.74, 6) is -2.95. The molecule has 1 amide bonds. The van der Waals surface area contributed by atoms with Crippen molar-refractivity contribution >= 4 is 23.5 Å². The fraction of sp³-hybridized carbons (Fsp3) is 0.429. The highest BCUT2D eigenvalue weighted by molar-refractivity contribution is 6.30. The van der Waals surface area contributed by atoms with Crippen molar-refractivity contribution in [2.24, 2.45) is 5.92 Å². The zero-order valence-electron chi connectivity index (χ0n) is 11.0. The Bertz CT molecular complexity index is 549. The molecule has 1 aliphatic rings. The molecule has 108 valence electrons. The number of carbonyl (C=O) groups is 2. The molecular weight excluding hydrogens is 285 g/mol. The summed E-state index contributed by atoms with van der Waals surface area (Å²) in [6, 6.07) is 3.66. The van der Waals surface area contributed by atoms with Crippen molar-refractivity contribution in [2.75, 3.05) is 6.54 Å². The van der Waals surface area contributed by atoms with Crippen LogP contribution in [0.3, 0.4) is 0 Å². The number of halogens is 2. The second-order valence-corrected chi connectivity index (χ2v) is 5.23. The topological polar surface area (TPSA) is 57.6 Å². The monoisotopic (exact) mass is 299 g/mol. The molecule has 1 aromatic carbocycles. The Balaban J connectivity index is 2.49. The van der Waals surface area contributed by atoms with Crippen LogP contribution in [0.1, 0.15) is 31.4 Å². The zero-order chi connectivity index (χ0) is 14.9. The van der Waals surface area contributed by atoms with Gasteiger partial charge in [0.15, 0.2) is 0 Å². The highest BCUT2D eigenvalue weighted by atomic mass is 35.5. The fourth-order valence-corrected chi connectivity index (χ4v) is 2.83. The van der Waals surface area contributed by atoms with Crippen LogP contribution >= 0.6 is 11.6 Å². The minimum atomic E-state index is -1.10.